The Hall–Kier alpha value is -2.57. The van der Waals surface area contributed by atoms with Crippen molar-refractivity contribution in [2.45, 2.75) is 24.0 Å². The monoisotopic (exact) mass is 431 g/mol. The van der Waals surface area contributed by atoms with Crippen LogP contribution in [-0.4, -0.2) is 23.3 Å². The van der Waals surface area contributed by atoms with Gasteiger partial charge in [0.15, 0.2) is 5.76 Å². The summed E-state index contributed by atoms with van der Waals surface area (Å²) in [5.74, 6) is 1.36. The largest absolute Gasteiger partial charge is 0.494 e. The standard InChI is InChI=1S/C22H22ClNO4S/c1-2-27-17-9-7-16(8-10-17)13-14-24-22(25)20-12-11-18(28-20)15-29(26)21-6-4-3-5-19(21)23/h3-12H,2,13-15H2,1H3,(H,24,25). The maximum atomic E-state index is 12.5. The van der Waals surface area contributed by atoms with Gasteiger partial charge in [0.2, 0.25) is 0 Å². The topological polar surface area (TPSA) is 68.5 Å². The van der Waals surface area contributed by atoms with Crippen molar-refractivity contribution in [3.63, 3.8) is 0 Å². The summed E-state index contributed by atoms with van der Waals surface area (Å²) in [4.78, 5) is 12.8. The normalized spacial score (nSPS) is 11.8. The number of benzene rings is 2. The Morgan fingerprint density at radius 3 is 2.59 bits per heavy atom. The van der Waals surface area contributed by atoms with Gasteiger partial charge < -0.3 is 14.5 Å². The number of ether oxygens (including phenoxy) is 1. The van der Waals surface area contributed by atoms with Gasteiger partial charge in [-0.05, 0) is 55.3 Å². The fourth-order valence-corrected chi connectivity index (χ4v) is 4.22. The van der Waals surface area contributed by atoms with Crippen molar-refractivity contribution < 1.29 is 18.2 Å². The van der Waals surface area contributed by atoms with Crippen molar-refractivity contribution in [3.8, 4) is 5.75 Å². The fourth-order valence-electron chi connectivity index (χ4n) is 2.74. The minimum atomic E-state index is -1.35. The Morgan fingerprint density at radius 1 is 1.10 bits per heavy atom. The van der Waals surface area contributed by atoms with Gasteiger partial charge in [-0.25, -0.2) is 0 Å². The van der Waals surface area contributed by atoms with Crippen LogP contribution in [0.2, 0.25) is 5.02 Å². The number of halogens is 1. The molecule has 0 aliphatic heterocycles. The Morgan fingerprint density at radius 2 is 1.86 bits per heavy atom. The molecule has 0 bridgehead atoms. The molecule has 1 aromatic heterocycles. The second-order valence-electron chi connectivity index (χ2n) is 6.27. The van der Waals surface area contributed by atoms with Crippen molar-refractivity contribution in [1.29, 1.82) is 0 Å². The Kier molecular flexibility index (Phi) is 7.49. The molecule has 1 amide bonds. The molecule has 1 atom stereocenters. The molecule has 0 aliphatic rings. The number of carbonyl (C=O) groups excluding carboxylic acids is 1. The van der Waals surface area contributed by atoms with E-state index in [0.29, 0.717) is 35.3 Å². The second kappa shape index (κ2) is 10.3. The van der Waals surface area contributed by atoms with Gasteiger partial charge in [0.05, 0.1) is 33.1 Å². The van der Waals surface area contributed by atoms with Gasteiger partial charge in [-0.15, -0.1) is 0 Å². The molecule has 152 valence electrons. The number of amides is 1. The van der Waals surface area contributed by atoms with Gasteiger partial charge in [-0.1, -0.05) is 35.9 Å². The third kappa shape index (κ3) is 5.95. The first-order valence-electron chi connectivity index (χ1n) is 9.28. The van der Waals surface area contributed by atoms with Crippen LogP contribution in [-0.2, 0) is 23.0 Å². The average molecular weight is 432 g/mol. The van der Waals surface area contributed by atoms with Crippen LogP contribution in [0.5, 0.6) is 5.75 Å². The van der Waals surface area contributed by atoms with Crippen LogP contribution >= 0.6 is 11.6 Å². The summed E-state index contributed by atoms with van der Waals surface area (Å²) in [5, 5.41) is 3.28. The van der Waals surface area contributed by atoms with Crippen LogP contribution in [0.3, 0.4) is 0 Å². The predicted molar refractivity (Wildman–Crippen MR) is 114 cm³/mol. The molecular weight excluding hydrogens is 410 g/mol. The maximum absolute atomic E-state index is 12.5. The highest BCUT2D eigenvalue weighted by atomic mass is 35.5. The number of rotatable bonds is 9. The fraction of sp³-hybridized carbons (Fsp3) is 0.227. The van der Waals surface area contributed by atoms with Crippen LogP contribution in [0.15, 0.2) is 70.0 Å². The summed E-state index contributed by atoms with van der Waals surface area (Å²) in [5.41, 5.74) is 1.10. The van der Waals surface area contributed by atoms with Gasteiger partial charge in [0.1, 0.15) is 11.5 Å². The number of carbonyl (C=O) groups is 1. The number of nitrogens with one attached hydrogen (secondary N) is 1. The van der Waals surface area contributed by atoms with Crippen molar-refractivity contribution >= 4 is 28.3 Å². The highest BCUT2D eigenvalue weighted by Crippen LogP contribution is 2.22. The van der Waals surface area contributed by atoms with Crippen molar-refractivity contribution in [3.05, 3.63) is 82.8 Å². The zero-order chi connectivity index (χ0) is 20.6. The molecule has 0 spiro atoms. The molecule has 29 heavy (non-hydrogen) atoms. The Bertz CT molecular complexity index is 984. The molecule has 0 radical (unpaired) electrons. The van der Waals surface area contributed by atoms with Crippen LogP contribution in [0, 0.1) is 0 Å². The SMILES string of the molecule is CCOc1ccc(CCNC(=O)c2ccc(CS(=O)c3ccccc3Cl)o2)cc1. The van der Waals surface area contributed by atoms with E-state index in [2.05, 4.69) is 5.32 Å². The molecule has 1 N–H and O–H groups in total. The summed E-state index contributed by atoms with van der Waals surface area (Å²) in [7, 11) is -1.35. The molecule has 3 aromatic rings. The van der Waals surface area contributed by atoms with Gasteiger partial charge in [0.25, 0.3) is 5.91 Å². The van der Waals surface area contributed by atoms with Gasteiger partial charge >= 0.3 is 0 Å². The Balaban J connectivity index is 1.50. The summed E-state index contributed by atoms with van der Waals surface area (Å²) < 4.78 is 23.4. The van der Waals surface area contributed by atoms with E-state index in [-0.39, 0.29) is 17.4 Å². The van der Waals surface area contributed by atoms with E-state index in [0.717, 1.165) is 11.3 Å². The third-order valence-electron chi connectivity index (χ3n) is 4.17. The molecule has 0 saturated heterocycles. The van der Waals surface area contributed by atoms with E-state index in [1.807, 2.05) is 31.2 Å². The first kappa shape index (κ1) is 21.1. The summed E-state index contributed by atoms with van der Waals surface area (Å²) in [6.45, 7) is 3.05. The van der Waals surface area contributed by atoms with E-state index in [1.165, 1.54) is 0 Å². The molecule has 0 fully saturated rings. The average Bonchev–Trinajstić information content (AvgIpc) is 3.18. The molecule has 1 heterocycles. The summed E-state index contributed by atoms with van der Waals surface area (Å²) in [6.07, 6.45) is 0.697. The van der Waals surface area contributed by atoms with Crippen LogP contribution in [0.4, 0.5) is 0 Å². The first-order valence-corrected chi connectivity index (χ1v) is 11.0. The van der Waals surface area contributed by atoms with Gasteiger partial charge in [0, 0.05) is 6.54 Å². The lowest BCUT2D eigenvalue weighted by Crippen LogP contribution is -2.25. The summed E-state index contributed by atoms with van der Waals surface area (Å²) in [6, 6.07) is 18.0. The lowest BCUT2D eigenvalue weighted by molar-refractivity contribution is 0.0925. The lowest BCUT2D eigenvalue weighted by Gasteiger charge is -2.06. The zero-order valence-electron chi connectivity index (χ0n) is 16.0. The van der Waals surface area contributed by atoms with Crippen molar-refractivity contribution in [2.75, 3.05) is 13.2 Å². The van der Waals surface area contributed by atoms with E-state index >= 15 is 0 Å². The van der Waals surface area contributed by atoms with E-state index in [1.54, 1.807) is 36.4 Å². The third-order valence-corrected chi connectivity index (χ3v) is 6.01. The quantitative estimate of drug-likeness (QED) is 0.537. The van der Waals surface area contributed by atoms with Crippen LogP contribution < -0.4 is 10.1 Å². The minimum Gasteiger partial charge on any atom is -0.494 e. The molecule has 2 aromatic carbocycles. The van der Waals surface area contributed by atoms with Crippen LogP contribution in [0.25, 0.3) is 0 Å². The number of hydrogen-bond acceptors (Lipinski definition) is 4. The molecule has 1 unspecified atom stereocenters. The molecule has 0 aliphatic carbocycles. The number of hydrogen-bond donors (Lipinski definition) is 1. The molecular formula is C22H22ClNO4S. The van der Waals surface area contributed by atoms with Crippen molar-refractivity contribution in [1.82, 2.24) is 5.32 Å². The second-order valence-corrected chi connectivity index (χ2v) is 8.10. The lowest BCUT2D eigenvalue weighted by atomic mass is 10.1. The minimum absolute atomic E-state index is 0.156. The van der Waals surface area contributed by atoms with Crippen molar-refractivity contribution in [2.24, 2.45) is 0 Å². The van der Waals surface area contributed by atoms with E-state index in [9.17, 15) is 9.00 Å². The van der Waals surface area contributed by atoms with E-state index < -0.39 is 10.8 Å². The number of furan rings is 1. The van der Waals surface area contributed by atoms with Gasteiger partial charge in [-0.2, -0.15) is 0 Å². The maximum Gasteiger partial charge on any atom is 0.287 e. The molecule has 0 saturated carbocycles. The smallest absolute Gasteiger partial charge is 0.287 e. The zero-order valence-corrected chi connectivity index (χ0v) is 17.6. The summed E-state index contributed by atoms with van der Waals surface area (Å²) >= 11 is 6.08. The van der Waals surface area contributed by atoms with Crippen LogP contribution in [0.1, 0.15) is 28.8 Å². The molecule has 3 rings (SSSR count). The highest BCUT2D eigenvalue weighted by Gasteiger charge is 2.14. The Labute approximate surface area is 177 Å². The van der Waals surface area contributed by atoms with E-state index in [4.69, 9.17) is 20.8 Å². The van der Waals surface area contributed by atoms with Gasteiger partial charge in [-0.3, -0.25) is 9.00 Å². The first-order chi connectivity index (χ1) is 14.1. The predicted octanol–water partition coefficient (Wildman–Crippen LogP) is 4.61. The highest BCUT2D eigenvalue weighted by molar-refractivity contribution is 7.84. The molecule has 5 nitrogen and oxygen atoms in total. The molecule has 7 heteroatoms.